The Kier molecular flexibility index (Phi) is 22.7. The van der Waals surface area contributed by atoms with Gasteiger partial charge in [0.1, 0.15) is 0 Å². The van der Waals surface area contributed by atoms with Crippen molar-refractivity contribution in [1.29, 1.82) is 0 Å². The Balaban J connectivity index is 0. The standard InChI is InChI=1S/C26H46.Na.H/c1-2-3-4-5-6-7-8-9-10-11-12-13-14-15-16-17-18-20-23-26-24-21-19-22-25-26;;/h19,21-22,24-25H,2-18,20,23H2,1H3;;/q;+1;-1. The monoisotopic (exact) mass is 382 g/mol. The Morgan fingerprint density at radius 1 is 0.481 bits per heavy atom. The summed E-state index contributed by atoms with van der Waals surface area (Å²) in [5.74, 6) is 0. The van der Waals surface area contributed by atoms with Crippen molar-refractivity contribution in [3.05, 3.63) is 35.9 Å². The Morgan fingerprint density at radius 2 is 0.815 bits per heavy atom. The average Bonchev–Trinajstić information content (AvgIpc) is 2.68. The van der Waals surface area contributed by atoms with Crippen LogP contribution in [0.2, 0.25) is 0 Å². The molecule has 0 saturated carbocycles. The molecule has 1 aromatic carbocycles. The molecule has 27 heavy (non-hydrogen) atoms. The Bertz CT molecular complexity index is 379. The van der Waals surface area contributed by atoms with Crippen LogP contribution in [-0.4, -0.2) is 0 Å². The summed E-state index contributed by atoms with van der Waals surface area (Å²) in [6, 6.07) is 10.9. The fourth-order valence-corrected chi connectivity index (χ4v) is 3.88. The van der Waals surface area contributed by atoms with Crippen LogP contribution in [0.25, 0.3) is 0 Å². The second kappa shape index (κ2) is 22.5. The van der Waals surface area contributed by atoms with E-state index < -0.39 is 0 Å². The first kappa shape index (κ1) is 27.2. The van der Waals surface area contributed by atoms with Crippen LogP contribution in [0.15, 0.2) is 30.3 Å². The summed E-state index contributed by atoms with van der Waals surface area (Å²) >= 11 is 0. The van der Waals surface area contributed by atoms with Gasteiger partial charge in [0, 0.05) is 0 Å². The first-order chi connectivity index (χ1) is 12.9. The summed E-state index contributed by atoms with van der Waals surface area (Å²) in [4.78, 5) is 0. The number of hydrogen-bond acceptors (Lipinski definition) is 0. The van der Waals surface area contributed by atoms with E-state index in [0.717, 1.165) is 0 Å². The number of aryl methyl sites for hydroxylation is 1. The zero-order chi connectivity index (χ0) is 18.5. The van der Waals surface area contributed by atoms with E-state index in [4.69, 9.17) is 0 Å². The van der Waals surface area contributed by atoms with Crippen molar-refractivity contribution in [1.82, 2.24) is 0 Å². The van der Waals surface area contributed by atoms with Crippen molar-refractivity contribution in [2.75, 3.05) is 0 Å². The van der Waals surface area contributed by atoms with E-state index in [9.17, 15) is 0 Å². The second-order valence-corrected chi connectivity index (χ2v) is 8.25. The molecule has 0 bridgehead atoms. The minimum absolute atomic E-state index is 0. The SMILES string of the molecule is CCCCCCCCCCCCCCCCCCCCc1ccccc1.[H-].[Na+]. The van der Waals surface area contributed by atoms with E-state index in [1.165, 1.54) is 128 Å². The van der Waals surface area contributed by atoms with Crippen molar-refractivity contribution < 1.29 is 31.0 Å². The maximum absolute atomic E-state index is 2.30. The average molecular weight is 383 g/mol. The van der Waals surface area contributed by atoms with E-state index in [1.807, 2.05) is 0 Å². The van der Waals surface area contributed by atoms with Gasteiger partial charge in [-0.05, 0) is 18.4 Å². The zero-order valence-electron chi connectivity index (χ0n) is 19.8. The third-order valence-corrected chi connectivity index (χ3v) is 5.66. The molecule has 0 nitrogen and oxygen atoms in total. The topological polar surface area (TPSA) is 0 Å². The predicted octanol–water partition coefficient (Wildman–Crippen LogP) is 6.39. The van der Waals surface area contributed by atoms with Crippen LogP contribution in [-0.2, 0) is 6.42 Å². The summed E-state index contributed by atoms with van der Waals surface area (Å²) in [7, 11) is 0. The molecule has 1 rings (SSSR count). The van der Waals surface area contributed by atoms with Crippen molar-refractivity contribution in [3.8, 4) is 0 Å². The molecular weight excluding hydrogens is 335 g/mol. The zero-order valence-corrected chi connectivity index (χ0v) is 20.8. The van der Waals surface area contributed by atoms with Gasteiger partial charge in [0.05, 0.1) is 0 Å². The molecule has 0 aliphatic carbocycles. The number of unbranched alkanes of at least 4 members (excludes halogenated alkanes) is 17. The third kappa shape index (κ3) is 19.3. The van der Waals surface area contributed by atoms with Crippen molar-refractivity contribution in [3.63, 3.8) is 0 Å². The minimum Gasteiger partial charge on any atom is -1.00 e. The maximum atomic E-state index is 2.30. The van der Waals surface area contributed by atoms with Gasteiger partial charge in [0.15, 0.2) is 0 Å². The van der Waals surface area contributed by atoms with E-state index >= 15 is 0 Å². The Morgan fingerprint density at radius 3 is 1.19 bits per heavy atom. The molecule has 152 valence electrons. The van der Waals surface area contributed by atoms with Crippen LogP contribution in [0.3, 0.4) is 0 Å². The van der Waals surface area contributed by atoms with Crippen LogP contribution in [0.4, 0.5) is 0 Å². The molecule has 0 aliphatic heterocycles. The van der Waals surface area contributed by atoms with Gasteiger partial charge in [-0.25, -0.2) is 0 Å². The van der Waals surface area contributed by atoms with E-state index in [2.05, 4.69) is 37.3 Å². The van der Waals surface area contributed by atoms with Gasteiger partial charge in [-0.1, -0.05) is 146 Å². The first-order valence-corrected chi connectivity index (χ1v) is 12.0. The maximum Gasteiger partial charge on any atom is 1.00 e. The molecule has 1 aromatic rings. The molecule has 0 heterocycles. The van der Waals surface area contributed by atoms with Crippen molar-refractivity contribution in [2.24, 2.45) is 0 Å². The van der Waals surface area contributed by atoms with Crippen molar-refractivity contribution in [2.45, 2.75) is 129 Å². The van der Waals surface area contributed by atoms with Gasteiger partial charge in [-0.3, -0.25) is 0 Å². The third-order valence-electron chi connectivity index (χ3n) is 5.66. The molecule has 0 atom stereocenters. The van der Waals surface area contributed by atoms with Gasteiger partial charge in [-0.15, -0.1) is 0 Å². The van der Waals surface area contributed by atoms with E-state index in [-0.39, 0.29) is 31.0 Å². The van der Waals surface area contributed by atoms with Gasteiger partial charge in [0.25, 0.3) is 0 Å². The predicted molar refractivity (Wildman–Crippen MR) is 120 cm³/mol. The van der Waals surface area contributed by atoms with Gasteiger partial charge < -0.3 is 1.43 Å². The van der Waals surface area contributed by atoms with E-state index in [1.54, 1.807) is 0 Å². The van der Waals surface area contributed by atoms with Crippen LogP contribution >= 0.6 is 0 Å². The molecule has 0 unspecified atom stereocenters. The summed E-state index contributed by atoms with van der Waals surface area (Å²) in [6.07, 6.45) is 27.4. The number of rotatable bonds is 19. The second-order valence-electron chi connectivity index (χ2n) is 8.25. The fourth-order valence-electron chi connectivity index (χ4n) is 3.88. The summed E-state index contributed by atoms with van der Waals surface area (Å²) in [5, 5.41) is 0. The smallest absolute Gasteiger partial charge is 1.00 e. The van der Waals surface area contributed by atoms with Crippen LogP contribution < -0.4 is 29.6 Å². The van der Waals surface area contributed by atoms with Gasteiger partial charge in [0.2, 0.25) is 0 Å². The molecule has 0 aromatic heterocycles. The summed E-state index contributed by atoms with van der Waals surface area (Å²) in [6.45, 7) is 2.30. The van der Waals surface area contributed by atoms with Crippen molar-refractivity contribution >= 4 is 0 Å². The quantitative estimate of drug-likeness (QED) is 0.192. The molecule has 0 N–H and O–H groups in total. The molecule has 0 aliphatic rings. The van der Waals surface area contributed by atoms with E-state index in [0.29, 0.717) is 0 Å². The Hall–Kier alpha value is 0.220. The molecule has 0 amide bonds. The summed E-state index contributed by atoms with van der Waals surface area (Å²) < 4.78 is 0. The molecule has 0 spiro atoms. The Labute approximate surface area is 195 Å². The number of benzene rings is 1. The molecule has 0 saturated heterocycles. The molecule has 0 fully saturated rings. The van der Waals surface area contributed by atoms with Crippen LogP contribution in [0.5, 0.6) is 0 Å². The van der Waals surface area contributed by atoms with Gasteiger partial charge in [-0.2, -0.15) is 0 Å². The van der Waals surface area contributed by atoms with Crippen LogP contribution in [0, 0.1) is 0 Å². The van der Waals surface area contributed by atoms with Crippen LogP contribution in [0.1, 0.15) is 129 Å². The molecule has 0 radical (unpaired) electrons. The summed E-state index contributed by atoms with van der Waals surface area (Å²) in [5.41, 5.74) is 1.50. The first-order valence-electron chi connectivity index (χ1n) is 12.0. The van der Waals surface area contributed by atoms with Gasteiger partial charge >= 0.3 is 29.6 Å². The largest absolute Gasteiger partial charge is 1.00 e. The normalized spacial score (nSPS) is 10.7. The fraction of sp³-hybridized carbons (Fsp3) is 0.769. The molecule has 1 heteroatoms. The minimum atomic E-state index is 0. The number of hydrogen-bond donors (Lipinski definition) is 0. The molecular formula is C26H47Na.